The maximum atomic E-state index is 8.66. The van der Waals surface area contributed by atoms with E-state index in [1.54, 1.807) is 12.3 Å². The molecule has 0 saturated heterocycles. The zero-order valence-corrected chi connectivity index (χ0v) is 12.1. The number of nitrogens with zero attached hydrogens (tertiary/aromatic N) is 3. The summed E-state index contributed by atoms with van der Waals surface area (Å²) in [6.07, 6.45) is 1.64. The fourth-order valence-electron chi connectivity index (χ4n) is 1.86. The van der Waals surface area contributed by atoms with Crippen LogP contribution >= 0.6 is 0 Å². The van der Waals surface area contributed by atoms with Gasteiger partial charge in [0, 0.05) is 38.2 Å². The van der Waals surface area contributed by atoms with E-state index >= 15 is 0 Å². The molecule has 1 aromatic carbocycles. The number of rotatable bonds is 5. The first kappa shape index (κ1) is 14.6. The van der Waals surface area contributed by atoms with Crippen LogP contribution in [0, 0.1) is 0 Å². The number of pyridine rings is 1. The molecule has 0 saturated carbocycles. The fourth-order valence-corrected chi connectivity index (χ4v) is 1.86. The molecule has 6 heteroatoms. The zero-order chi connectivity index (χ0) is 15.2. The Labute approximate surface area is 123 Å². The van der Waals surface area contributed by atoms with Crippen LogP contribution in [-0.4, -0.2) is 30.1 Å². The molecule has 0 radical (unpaired) electrons. The molecule has 0 unspecified atom stereocenters. The summed E-state index contributed by atoms with van der Waals surface area (Å²) in [6, 6.07) is 11.8. The van der Waals surface area contributed by atoms with Gasteiger partial charge in [-0.05, 0) is 42.0 Å². The van der Waals surface area contributed by atoms with E-state index < -0.39 is 0 Å². The number of nitrogens with two attached hydrogens (primary N) is 1. The normalized spacial score (nSPS) is 11.2. The maximum Gasteiger partial charge on any atom is 0.188 e. The van der Waals surface area contributed by atoms with Gasteiger partial charge in [-0.15, -0.1) is 0 Å². The number of hydrogen-bond acceptors (Lipinski definition) is 5. The fraction of sp³-hybridized carbons (Fsp3) is 0.200. The van der Waals surface area contributed by atoms with E-state index in [9.17, 15) is 0 Å². The molecule has 110 valence electrons. The first-order valence-corrected chi connectivity index (χ1v) is 6.54. The predicted molar refractivity (Wildman–Crippen MR) is 84.8 cm³/mol. The summed E-state index contributed by atoms with van der Waals surface area (Å²) in [4.78, 5) is 6.10. The third-order valence-electron chi connectivity index (χ3n) is 3.07. The molecule has 0 fully saturated rings. The summed E-state index contributed by atoms with van der Waals surface area (Å²) in [5.41, 5.74) is 9.17. The van der Waals surface area contributed by atoms with Gasteiger partial charge in [-0.3, -0.25) is 4.98 Å². The highest BCUT2D eigenvalue weighted by molar-refractivity contribution is 5.95. The van der Waals surface area contributed by atoms with E-state index in [2.05, 4.69) is 32.5 Å². The second-order valence-corrected chi connectivity index (χ2v) is 4.83. The smallest absolute Gasteiger partial charge is 0.188 e. The van der Waals surface area contributed by atoms with E-state index in [-0.39, 0.29) is 5.84 Å². The third kappa shape index (κ3) is 3.85. The van der Waals surface area contributed by atoms with E-state index in [1.807, 2.05) is 32.3 Å². The van der Waals surface area contributed by atoms with Crippen LogP contribution in [0.15, 0.2) is 47.8 Å². The van der Waals surface area contributed by atoms with Crippen molar-refractivity contribution in [3.63, 3.8) is 0 Å². The van der Waals surface area contributed by atoms with E-state index in [1.165, 1.54) is 0 Å². The highest BCUT2D eigenvalue weighted by Gasteiger charge is 2.02. The minimum absolute atomic E-state index is 0.00665. The van der Waals surface area contributed by atoms with E-state index in [0.717, 1.165) is 16.9 Å². The molecule has 6 nitrogen and oxygen atoms in total. The number of nitrogens with one attached hydrogen (secondary N) is 1. The van der Waals surface area contributed by atoms with Crippen LogP contribution in [0.2, 0.25) is 0 Å². The van der Waals surface area contributed by atoms with Crippen molar-refractivity contribution in [2.45, 2.75) is 6.54 Å². The van der Waals surface area contributed by atoms with Gasteiger partial charge >= 0.3 is 0 Å². The van der Waals surface area contributed by atoms with Gasteiger partial charge in [-0.25, -0.2) is 0 Å². The second-order valence-electron chi connectivity index (χ2n) is 4.83. The van der Waals surface area contributed by atoms with Crippen molar-refractivity contribution >= 4 is 17.2 Å². The van der Waals surface area contributed by atoms with Crippen molar-refractivity contribution < 1.29 is 5.21 Å². The Bertz CT molecular complexity index is 622. The lowest BCUT2D eigenvalue weighted by molar-refractivity contribution is 0.318. The Morgan fingerprint density at radius 1 is 1.29 bits per heavy atom. The SMILES string of the molecule is CN(C)c1ccc(NCc2ccnc(C(N)=NO)c2)cc1. The summed E-state index contributed by atoms with van der Waals surface area (Å²) < 4.78 is 0. The number of oxime groups is 1. The molecule has 0 aliphatic rings. The lowest BCUT2D eigenvalue weighted by atomic mass is 10.2. The minimum Gasteiger partial charge on any atom is -0.409 e. The average molecular weight is 285 g/mol. The van der Waals surface area contributed by atoms with Gasteiger partial charge in [0.1, 0.15) is 5.69 Å². The highest BCUT2D eigenvalue weighted by atomic mass is 16.4. The molecule has 2 aromatic rings. The zero-order valence-electron chi connectivity index (χ0n) is 12.1. The van der Waals surface area contributed by atoms with Gasteiger partial charge in [0.15, 0.2) is 5.84 Å². The Morgan fingerprint density at radius 2 is 2.00 bits per heavy atom. The molecule has 0 spiro atoms. The number of anilines is 2. The largest absolute Gasteiger partial charge is 0.409 e. The Balaban J connectivity index is 2.03. The summed E-state index contributed by atoms with van der Waals surface area (Å²) >= 11 is 0. The topological polar surface area (TPSA) is 86.8 Å². The number of amidine groups is 1. The summed E-state index contributed by atoms with van der Waals surface area (Å²) in [5, 5.41) is 14.9. The van der Waals surface area contributed by atoms with Crippen LogP contribution < -0.4 is 16.0 Å². The standard InChI is InChI=1S/C15H19N5O/c1-20(2)13-5-3-12(4-6-13)18-10-11-7-8-17-14(9-11)15(16)19-21/h3-9,18,21H,10H2,1-2H3,(H2,16,19). The van der Waals surface area contributed by atoms with Gasteiger partial charge in [0.2, 0.25) is 0 Å². The van der Waals surface area contributed by atoms with E-state index in [0.29, 0.717) is 12.2 Å². The molecule has 0 aliphatic heterocycles. The van der Waals surface area contributed by atoms with Gasteiger partial charge < -0.3 is 21.2 Å². The number of aromatic nitrogens is 1. The molecule has 0 bridgehead atoms. The molecule has 0 atom stereocenters. The van der Waals surface area contributed by atoms with Crippen LogP contribution in [0.5, 0.6) is 0 Å². The first-order valence-electron chi connectivity index (χ1n) is 6.54. The maximum absolute atomic E-state index is 8.66. The van der Waals surface area contributed by atoms with Gasteiger partial charge in [0.25, 0.3) is 0 Å². The summed E-state index contributed by atoms with van der Waals surface area (Å²) in [7, 11) is 4.02. The second kappa shape index (κ2) is 6.60. The third-order valence-corrected chi connectivity index (χ3v) is 3.07. The molecule has 2 rings (SSSR count). The highest BCUT2D eigenvalue weighted by Crippen LogP contribution is 2.16. The monoisotopic (exact) mass is 285 g/mol. The van der Waals surface area contributed by atoms with Crippen LogP contribution in [0.25, 0.3) is 0 Å². The van der Waals surface area contributed by atoms with Crippen molar-refractivity contribution in [3.8, 4) is 0 Å². The molecular weight excluding hydrogens is 266 g/mol. The lowest BCUT2D eigenvalue weighted by Crippen LogP contribution is -2.15. The lowest BCUT2D eigenvalue weighted by Gasteiger charge is -2.13. The minimum atomic E-state index is 0.00665. The van der Waals surface area contributed by atoms with Crippen molar-refractivity contribution in [1.82, 2.24) is 4.98 Å². The van der Waals surface area contributed by atoms with Crippen molar-refractivity contribution in [1.29, 1.82) is 0 Å². The van der Waals surface area contributed by atoms with Crippen molar-refractivity contribution in [2.75, 3.05) is 24.3 Å². The summed E-state index contributed by atoms with van der Waals surface area (Å²) in [6.45, 7) is 0.634. The molecule has 21 heavy (non-hydrogen) atoms. The van der Waals surface area contributed by atoms with Crippen LogP contribution in [0.4, 0.5) is 11.4 Å². The quantitative estimate of drug-likeness (QED) is 0.338. The van der Waals surface area contributed by atoms with E-state index in [4.69, 9.17) is 10.9 Å². The van der Waals surface area contributed by atoms with Crippen LogP contribution in [0.3, 0.4) is 0 Å². The molecule has 1 heterocycles. The summed E-state index contributed by atoms with van der Waals surface area (Å²) in [5.74, 6) is 0.00665. The molecular formula is C15H19N5O. The molecule has 0 aliphatic carbocycles. The molecule has 1 aromatic heterocycles. The average Bonchev–Trinajstić information content (AvgIpc) is 2.52. The Hall–Kier alpha value is -2.76. The number of benzene rings is 1. The number of hydrogen-bond donors (Lipinski definition) is 3. The molecule has 0 amide bonds. The van der Waals surface area contributed by atoms with Crippen LogP contribution in [-0.2, 0) is 6.54 Å². The Morgan fingerprint density at radius 3 is 2.62 bits per heavy atom. The predicted octanol–water partition coefficient (Wildman–Crippen LogP) is 1.85. The van der Waals surface area contributed by atoms with Gasteiger partial charge in [-0.2, -0.15) is 0 Å². The Kier molecular flexibility index (Phi) is 4.61. The first-order chi connectivity index (χ1) is 10.1. The van der Waals surface area contributed by atoms with Crippen LogP contribution in [0.1, 0.15) is 11.3 Å². The molecule has 4 N–H and O–H groups in total. The van der Waals surface area contributed by atoms with Gasteiger partial charge in [0.05, 0.1) is 0 Å². The van der Waals surface area contributed by atoms with Gasteiger partial charge in [-0.1, -0.05) is 5.16 Å². The van der Waals surface area contributed by atoms with Crippen molar-refractivity contribution in [2.24, 2.45) is 10.9 Å². The van der Waals surface area contributed by atoms with Crippen molar-refractivity contribution in [3.05, 3.63) is 53.9 Å².